The number of hydrogen-bond acceptors (Lipinski definition) is 2. The topological polar surface area (TPSA) is 57.4 Å². The summed E-state index contributed by atoms with van der Waals surface area (Å²) in [4.78, 5) is 16.5. The molecule has 29 heavy (non-hydrogen) atoms. The largest absolute Gasteiger partial charge is 0.355 e. The normalized spacial score (nSPS) is 11.7. The Morgan fingerprint density at radius 3 is 1.45 bits per heavy atom. The maximum atomic E-state index is 4.91. The minimum Gasteiger partial charge on any atom is -0.355 e. The van der Waals surface area contributed by atoms with Gasteiger partial charge >= 0.3 is 0 Å². The van der Waals surface area contributed by atoms with E-state index in [9.17, 15) is 0 Å². The van der Waals surface area contributed by atoms with Crippen molar-refractivity contribution in [1.82, 2.24) is 19.9 Å². The monoisotopic (exact) mass is 518 g/mol. The number of aromatic nitrogens is 4. The summed E-state index contributed by atoms with van der Waals surface area (Å²) in [5, 5.41) is 0. The van der Waals surface area contributed by atoms with Crippen LogP contribution in [0, 0.1) is 39.9 Å². The van der Waals surface area contributed by atoms with Crippen LogP contribution >= 0.6 is 0 Å². The van der Waals surface area contributed by atoms with Gasteiger partial charge in [-0.05, 0) is 60.7 Å². The van der Waals surface area contributed by atoms with Gasteiger partial charge in [-0.15, -0.1) is 0 Å². The molecule has 4 nitrogen and oxygen atoms in total. The van der Waals surface area contributed by atoms with Gasteiger partial charge in [-0.3, -0.25) is 0 Å². The second-order valence-electron chi connectivity index (χ2n) is 7.04. The van der Waals surface area contributed by atoms with E-state index in [0.29, 0.717) is 0 Å². The molecule has 0 saturated heterocycles. The van der Waals surface area contributed by atoms with Gasteiger partial charge in [0.2, 0.25) is 0 Å². The summed E-state index contributed by atoms with van der Waals surface area (Å²) in [5.41, 5.74) is 10.2. The standard InChI is InChI=1S/C24H16N4.Gd/c1-2-4-22-21(3-1)23-13-19-9-7-17(26-19)11-15-5-6-16(25-15)12-18-8-10-20(27-18)14-24(22)28-23;/h1-14,26-27H;. The molecule has 5 heterocycles. The van der Waals surface area contributed by atoms with Crippen LogP contribution in [0.25, 0.3) is 56.7 Å². The maximum Gasteiger partial charge on any atom is 0.0737 e. The van der Waals surface area contributed by atoms with Gasteiger partial charge in [-0.2, -0.15) is 0 Å². The van der Waals surface area contributed by atoms with Crippen molar-refractivity contribution >= 4 is 34.2 Å². The van der Waals surface area contributed by atoms with Crippen LogP contribution in [0.4, 0.5) is 0 Å². The second-order valence-corrected chi connectivity index (χ2v) is 7.04. The average Bonchev–Trinajstić information content (AvgIpc) is 3.47. The third-order valence-corrected chi connectivity index (χ3v) is 5.06. The van der Waals surface area contributed by atoms with Gasteiger partial charge in [0.15, 0.2) is 0 Å². The van der Waals surface area contributed by atoms with Crippen molar-refractivity contribution in [3.05, 3.63) is 84.2 Å². The van der Waals surface area contributed by atoms with Crippen molar-refractivity contribution in [3.8, 4) is 22.5 Å². The van der Waals surface area contributed by atoms with Gasteiger partial charge in [0.05, 0.1) is 22.8 Å². The summed E-state index contributed by atoms with van der Waals surface area (Å²) >= 11 is 0. The van der Waals surface area contributed by atoms with Crippen molar-refractivity contribution in [3.63, 3.8) is 0 Å². The van der Waals surface area contributed by atoms with E-state index in [4.69, 9.17) is 4.98 Å². The third kappa shape index (κ3) is 3.46. The molecule has 0 unspecified atom stereocenters. The Hall–Kier alpha value is -2.60. The molecule has 0 aliphatic carbocycles. The Morgan fingerprint density at radius 1 is 0.517 bits per heavy atom. The number of fused-ring (bicyclic) bond motifs is 11. The molecule has 0 atom stereocenters. The fourth-order valence-electron chi connectivity index (χ4n) is 3.76. The number of H-pyrrole nitrogens is 2. The summed E-state index contributed by atoms with van der Waals surface area (Å²) < 4.78 is 0. The van der Waals surface area contributed by atoms with Crippen LogP contribution in [0.5, 0.6) is 0 Å². The Labute approximate surface area is 199 Å². The van der Waals surface area contributed by atoms with E-state index >= 15 is 0 Å². The van der Waals surface area contributed by atoms with E-state index in [2.05, 4.69) is 87.7 Å². The zero-order chi connectivity index (χ0) is 18.5. The molecule has 0 saturated carbocycles. The van der Waals surface area contributed by atoms with E-state index in [-0.39, 0.29) is 39.9 Å². The van der Waals surface area contributed by atoms with Gasteiger partial charge in [-0.25, -0.2) is 9.97 Å². The minimum atomic E-state index is 0. The molecule has 5 heteroatoms. The summed E-state index contributed by atoms with van der Waals surface area (Å²) in [5.74, 6) is 0. The zero-order valence-corrected chi connectivity index (χ0v) is 17.6. The first kappa shape index (κ1) is 18.4. The molecule has 0 amide bonds. The molecule has 0 spiro atoms. The van der Waals surface area contributed by atoms with Crippen LogP contribution in [0.15, 0.2) is 72.8 Å². The van der Waals surface area contributed by atoms with Crippen LogP contribution in [-0.4, -0.2) is 19.9 Å². The number of rotatable bonds is 0. The Balaban J connectivity index is 0.00000181. The molecule has 6 rings (SSSR count). The molecule has 1 aromatic carbocycles. The smallest absolute Gasteiger partial charge is 0.0737 e. The zero-order valence-electron chi connectivity index (χ0n) is 15.3. The predicted molar refractivity (Wildman–Crippen MR) is 114 cm³/mol. The molecule has 2 N–H and O–H groups in total. The first-order valence-corrected chi connectivity index (χ1v) is 9.26. The number of aromatic amines is 2. The van der Waals surface area contributed by atoms with Crippen molar-refractivity contribution < 1.29 is 39.9 Å². The molecule has 2 aliphatic rings. The second kappa shape index (κ2) is 7.34. The van der Waals surface area contributed by atoms with Gasteiger partial charge < -0.3 is 9.97 Å². The Bertz CT molecular complexity index is 1320. The number of nitrogens with zero attached hydrogens (tertiary/aromatic N) is 2. The van der Waals surface area contributed by atoms with Crippen LogP contribution < -0.4 is 0 Å². The Kier molecular flexibility index (Phi) is 4.67. The van der Waals surface area contributed by atoms with E-state index in [1.165, 1.54) is 0 Å². The number of nitrogens with one attached hydrogen (secondary N) is 2. The maximum absolute atomic E-state index is 4.91. The summed E-state index contributed by atoms with van der Waals surface area (Å²) in [7, 11) is 0. The first-order valence-electron chi connectivity index (χ1n) is 9.26. The van der Waals surface area contributed by atoms with E-state index < -0.39 is 0 Å². The summed E-state index contributed by atoms with van der Waals surface area (Å²) in [6.07, 6.45) is 4.06. The Morgan fingerprint density at radius 2 is 0.966 bits per heavy atom. The molecule has 0 radical (unpaired) electrons. The molecule has 3 aromatic heterocycles. The van der Waals surface area contributed by atoms with Gasteiger partial charge in [-0.1, -0.05) is 24.3 Å². The van der Waals surface area contributed by atoms with E-state index in [1.807, 2.05) is 12.2 Å². The quantitative estimate of drug-likeness (QED) is 0.267. The summed E-state index contributed by atoms with van der Waals surface area (Å²) in [6, 6.07) is 24.9. The number of benzene rings is 1. The van der Waals surface area contributed by atoms with Crippen LogP contribution in [0.3, 0.4) is 0 Å². The fourth-order valence-corrected chi connectivity index (χ4v) is 3.76. The minimum absolute atomic E-state index is 0. The van der Waals surface area contributed by atoms with Gasteiger partial charge in [0.1, 0.15) is 0 Å². The van der Waals surface area contributed by atoms with Crippen LogP contribution in [0.2, 0.25) is 0 Å². The molecule has 4 aromatic rings. The van der Waals surface area contributed by atoms with Gasteiger partial charge in [0.25, 0.3) is 0 Å². The van der Waals surface area contributed by atoms with Crippen molar-refractivity contribution in [2.24, 2.45) is 0 Å². The molecular weight excluding hydrogens is 502 g/mol. The van der Waals surface area contributed by atoms with Crippen LogP contribution in [0.1, 0.15) is 11.4 Å². The van der Waals surface area contributed by atoms with Crippen molar-refractivity contribution in [1.29, 1.82) is 0 Å². The van der Waals surface area contributed by atoms with Gasteiger partial charge in [0, 0.05) is 73.1 Å². The molecule has 0 fully saturated rings. The SMILES string of the molecule is C1=Cc2cc3ccc(cc4nc(cc5ccc(cc1n2)[nH]5)-c1ccccc1-4)[nH]3.[Gd]. The first-order chi connectivity index (χ1) is 13.8. The van der Waals surface area contributed by atoms with E-state index in [0.717, 1.165) is 56.0 Å². The number of hydrogen-bond donors (Lipinski definition) is 2. The molecule has 8 bridgehead atoms. The predicted octanol–water partition coefficient (Wildman–Crippen LogP) is 5.82. The third-order valence-electron chi connectivity index (χ3n) is 5.06. The molecule has 2 aliphatic heterocycles. The van der Waals surface area contributed by atoms with Crippen molar-refractivity contribution in [2.75, 3.05) is 0 Å². The molecular formula is C24H16GdN4. The van der Waals surface area contributed by atoms with E-state index in [1.54, 1.807) is 0 Å². The van der Waals surface area contributed by atoms with Crippen molar-refractivity contribution in [2.45, 2.75) is 0 Å². The summed E-state index contributed by atoms with van der Waals surface area (Å²) in [6.45, 7) is 0. The van der Waals surface area contributed by atoms with Crippen LogP contribution in [-0.2, 0) is 0 Å². The average molecular weight is 518 g/mol. The fraction of sp³-hybridized carbons (Fsp3) is 0. The molecule has 140 valence electrons.